The molecule has 1 rings (SSSR count). The normalized spacial score (nSPS) is 14.1. The topological polar surface area (TPSA) is 38.4 Å². The van der Waals surface area contributed by atoms with Gasteiger partial charge in [0.15, 0.2) is 0 Å². The highest BCUT2D eigenvalue weighted by Gasteiger charge is 2.31. The first-order valence-corrected chi connectivity index (χ1v) is 4.85. The van der Waals surface area contributed by atoms with Gasteiger partial charge in [-0.15, -0.1) is 0 Å². The Kier molecular flexibility index (Phi) is 4.23. The van der Waals surface area contributed by atoms with Crippen LogP contribution >= 0.6 is 0 Å². The van der Waals surface area contributed by atoms with E-state index in [1.165, 1.54) is 0 Å². The van der Waals surface area contributed by atoms with Gasteiger partial charge in [0.05, 0.1) is 11.3 Å². The van der Waals surface area contributed by atoms with Crippen LogP contribution in [0.25, 0.3) is 0 Å². The lowest BCUT2D eigenvalue weighted by atomic mass is 10.2. The lowest BCUT2D eigenvalue weighted by Gasteiger charge is -2.05. The number of aliphatic imine (C=N–C) groups is 1. The molecular formula is C11H8F6N2. The van der Waals surface area contributed by atoms with Crippen LogP contribution in [-0.2, 0) is 6.18 Å². The van der Waals surface area contributed by atoms with E-state index < -0.39 is 23.6 Å². The minimum absolute atomic E-state index is 0.0826. The molecule has 8 heteroatoms. The second-order valence-electron chi connectivity index (χ2n) is 3.44. The van der Waals surface area contributed by atoms with Crippen LogP contribution in [0, 0.1) is 0 Å². The Bertz CT molecular complexity index is 481. The Labute approximate surface area is 104 Å². The van der Waals surface area contributed by atoms with Crippen molar-refractivity contribution in [2.24, 2.45) is 10.7 Å². The lowest BCUT2D eigenvalue weighted by Crippen LogP contribution is -2.19. The van der Waals surface area contributed by atoms with Crippen molar-refractivity contribution in [2.45, 2.75) is 12.4 Å². The Morgan fingerprint density at radius 3 is 1.95 bits per heavy atom. The minimum atomic E-state index is -4.66. The Hall–Kier alpha value is -1.99. The lowest BCUT2D eigenvalue weighted by molar-refractivity contribution is -0.137. The average Bonchev–Trinajstić information content (AvgIpc) is 2.27. The van der Waals surface area contributed by atoms with E-state index in [-0.39, 0.29) is 5.69 Å². The summed E-state index contributed by atoms with van der Waals surface area (Å²) < 4.78 is 72.6. The summed E-state index contributed by atoms with van der Waals surface area (Å²) in [5, 5.41) is 0. The predicted octanol–water partition coefficient (Wildman–Crippen LogP) is 3.81. The van der Waals surface area contributed by atoms with Gasteiger partial charge in [0, 0.05) is 6.21 Å². The second kappa shape index (κ2) is 5.33. The summed E-state index contributed by atoms with van der Waals surface area (Å²) in [5.74, 6) is 0. The van der Waals surface area contributed by atoms with E-state index in [9.17, 15) is 26.3 Å². The fourth-order valence-electron chi connectivity index (χ4n) is 1.03. The van der Waals surface area contributed by atoms with Crippen LogP contribution in [0.3, 0.4) is 0 Å². The third-order valence-corrected chi connectivity index (χ3v) is 2.00. The van der Waals surface area contributed by atoms with Gasteiger partial charge < -0.3 is 5.73 Å². The molecule has 0 amide bonds. The fraction of sp³-hybridized carbons (Fsp3) is 0.182. The van der Waals surface area contributed by atoms with Gasteiger partial charge in [0.2, 0.25) is 0 Å². The molecule has 0 bridgehead atoms. The van der Waals surface area contributed by atoms with Gasteiger partial charge in [-0.1, -0.05) is 0 Å². The highest BCUT2D eigenvalue weighted by Crippen LogP contribution is 2.30. The molecule has 2 N–H and O–H groups in total. The molecular weight excluding hydrogens is 274 g/mol. The summed E-state index contributed by atoms with van der Waals surface area (Å²) in [4.78, 5) is 3.53. The smallest absolute Gasteiger partial charge is 0.395 e. The number of nitrogens with zero attached hydrogens (tertiary/aromatic N) is 1. The molecule has 104 valence electrons. The van der Waals surface area contributed by atoms with Crippen LogP contribution in [0.4, 0.5) is 32.0 Å². The number of alkyl halides is 6. The van der Waals surface area contributed by atoms with Gasteiger partial charge in [-0.3, -0.25) is 4.99 Å². The van der Waals surface area contributed by atoms with E-state index >= 15 is 0 Å². The molecule has 0 radical (unpaired) electrons. The van der Waals surface area contributed by atoms with Gasteiger partial charge >= 0.3 is 12.4 Å². The van der Waals surface area contributed by atoms with Gasteiger partial charge in [0.1, 0.15) is 5.70 Å². The molecule has 0 aromatic heterocycles. The van der Waals surface area contributed by atoms with E-state index in [0.29, 0.717) is 6.08 Å². The number of hydrogen-bond acceptors (Lipinski definition) is 2. The van der Waals surface area contributed by atoms with Crippen LogP contribution < -0.4 is 5.73 Å². The molecule has 0 atom stereocenters. The maximum Gasteiger partial charge on any atom is 0.430 e. The Balaban J connectivity index is 2.80. The standard InChI is InChI=1S/C11H8F6N2/c12-10(13,14)7-1-3-8(4-2-7)19-6-5-9(18)11(15,16)17/h1-6H,18H2/b9-5-,19-6?. The zero-order valence-corrected chi connectivity index (χ0v) is 9.26. The molecule has 1 aromatic carbocycles. The first kappa shape index (κ1) is 15.1. The molecule has 0 spiro atoms. The van der Waals surface area contributed by atoms with Gasteiger partial charge in [0.25, 0.3) is 0 Å². The van der Waals surface area contributed by atoms with E-state index in [0.717, 1.165) is 30.5 Å². The number of allylic oxidation sites excluding steroid dienone is 2. The first-order valence-electron chi connectivity index (χ1n) is 4.85. The third kappa shape index (κ3) is 4.65. The summed E-state index contributed by atoms with van der Waals surface area (Å²) in [6.45, 7) is 0. The zero-order valence-electron chi connectivity index (χ0n) is 9.26. The van der Waals surface area contributed by atoms with E-state index in [2.05, 4.69) is 4.99 Å². The second-order valence-corrected chi connectivity index (χ2v) is 3.44. The highest BCUT2D eigenvalue weighted by molar-refractivity contribution is 5.75. The van der Waals surface area contributed by atoms with Crippen molar-refractivity contribution in [1.82, 2.24) is 0 Å². The summed E-state index contributed by atoms with van der Waals surface area (Å²) in [7, 11) is 0. The Morgan fingerprint density at radius 2 is 1.53 bits per heavy atom. The van der Waals surface area contributed by atoms with Gasteiger partial charge in [-0.05, 0) is 30.3 Å². The van der Waals surface area contributed by atoms with Crippen molar-refractivity contribution >= 4 is 11.9 Å². The van der Waals surface area contributed by atoms with Gasteiger partial charge in [-0.2, -0.15) is 26.3 Å². The summed E-state index contributed by atoms with van der Waals surface area (Å²) in [6, 6.07) is 3.64. The SMILES string of the molecule is N/C(=C\C=Nc1ccc(C(F)(F)F)cc1)C(F)(F)F. The highest BCUT2D eigenvalue weighted by atomic mass is 19.4. The Morgan fingerprint density at radius 1 is 1.00 bits per heavy atom. The molecule has 19 heavy (non-hydrogen) atoms. The van der Waals surface area contributed by atoms with Crippen LogP contribution in [0.5, 0.6) is 0 Å². The summed E-state index contributed by atoms with van der Waals surface area (Å²) in [6.07, 6.45) is -7.84. The molecule has 0 heterocycles. The van der Waals surface area contributed by atoms with Crippen LogP contribution in [0.2, 0.25) is 0 Å². The molecule has 0 aliphatic heterocycles. The van der Waals surface area contributed by atoms with Crippen molar-refractivity contribution < 1.29 is 26.3 Å². The molecule has 0 aliphatic rings. The maximum atomic E-state index is 12.2. The van der Waals surface area contributed by atoms with E-state index in [1.807, 2.05) is 0 Å². The number of halogens is 6. The predicted molar refractivity (Wildman–Crippen MR) is 57.9 cm³/mol. The van der Waals surface area contributed by atoms with Crippen molar-refractivity contribution in [2.75, 3.05) is 0 Å². The van der Waals surface area contributed by atoms with E-state index in [4.69, 9.17) is 5.73 Å². The number of nitrogens with two attached hydrogens (primary N) is 1. The van der Waals surface area contributed by atoms with E-state index in [1.54, 1.807) is 0 Å². The quantitative estimate of drug-likeness (QED) is 0.650. The zero-order chi connectivity index (χ0) is 14.7. The molecule has 0 saturated carbocycles. The fourth-order valence-corrected chi connectivity index (χ4v) is 1.03. The summed E-state index contributed by atoms with van der Waals surface area (Å²) >= 11 is 0. The minimum Gasteiger partial charge on any atom is -0.395 e. The third-order valence-electron chi connectivity index (χ3n) is 2.00. The molecule has 0 unspecified atom stereocenters. The van der Waals surface area contributed by atoms with Gasteiger partial charge in [-0.25, -0.2) is 0 Å². The molecule has 0 aliphatic carbocycles. The van der Waals surface area contributed by atoms with Crippen molar-refractivity contribution in [1.29, 1.82) is 0 Å². The van der Waals surface area contributed by atoms with Crippen LogP contribution in [0.1, 0.15) is 5.56 Å². The largest absolute Gasteiger partial charge is 0.430 e. The molecule has 2 nitrogen and oxygen atoms in total. The first-order chi connectivity index (χ1) is 8.60. The van der Waals surface area contributed by atoms with Crippen LogP contribution in [0.15, 0.2) is 41.0 Å². The van der Waals surface area contributed by atoms with Crippen molar-refractivity contribution in [3.05, 3.63) is 41.6 Å². The number of hydrogen-bond donors (Lipinski definition) is 1. The summed E-state index contributed by atoms with van der Waals surface area (Å²) in [5.41, 5.74) is 2.57. The number of rotatable bonds is 2. The number of benzene rings is 1. The molecule has 0 fully saturated rings. The van der Waals surface area contributed by atoms with Crippen molar-refractivity contribution in [3.8, 4) is 0 Å². The van der Waals surface area contributed by atoms with Crippen LogP contribution in [-0.4, -0.2) is 12.4 Å². The molecule has 1 aromatic rings. The average molecular weight is 282 g/mol. The maximum absolute atomic E-state index is 12.2. The molecule has 0 saturated heterocycles. The van der Waals surface area contributed by atoms with Crippen molar-refractivity contribution in [3.63, 3.8) is 0 Å². The monoisotopic (exact) mass is 282 g/mol.